The summed E-state index contributed by atoms with van der Waals surface area (Å²) in [6.07, 6.45) is 3.06. The van der Waals surface area contributed by atoms with Gasteiger partial charge in [-0.25, -0.2) is 0 Å². The van der Waals surface area contributed by atoms with Crippen LogP contribution in [0.2, 0.25) is 0 Å². The fourth-order valence-electron chi connectivity index (χ4n) is 1.90. The summed E-state index contributed by atoms with van der Waals surface area (Å²) >= 11 is 0. The van der Waals surface area contributed by atoms with Crippen LogP contribution in [0.25, 0.3) is 0 Å². The molecule has 1 heterocycles. The van der Waals surface area contributed by atoms with Crippen LogP contribution in [0.3, 0.4) is 0 Å². The van der Waals surface area contributed by atoms with E-state index in [1.54, 1.807) is 0 Å². The Labute approximate surface area is 116 Å². The molecule has 1 aliphatic heterocycles. The summed E-state index contributed by atoms with van der Waals surface area (Å²) in [6, 6.07) is 8.62. The zero-order valence-corrected chi connectivity index (χ0v) is 12.0. The number of aryl methyl sites for hydroxylation is 1. The Kier molecular flexibility index (Phi) is 6.16. The van der Waals surface area contributed by atoms with Gasteiger partial charge in [-0.15, -0.1) is 12.4 Å². The molecule has 0 saturated carbocycles. The first kappa shape index (κ1) is 15.0. The highest BCUT2D eigenvalue weighted by molar-refractivity contribution is 5.85. The minimum absolute atomic E-state index is 0. The fraction of sp³-hybridized carbons (Fsp3) is 0.500. The summed E-state index contributed by atoms with van der Waals surface area (Å²) in [5, 5.41) is 6.67. The minimum Gasteiger partial charge on any atom is -0.303 e. The van der Waals surface area contributed by atoms with E-state index in [0.717, 1.165) is 32.6 Å². The van der Waals surface area contributed by atoms with Crippen LogP contribution in [0.4, 0.5) is 0 Å². The second-order valence-corrected chi connectivity index (χ2v) is 4.60. The van der Waals surface area contributed by atoms with Crippen molar-refractivity contribution in [2.24, 2.45) is 5.10 Å². The van der Waals surface area contributed by atoms with E-state index in [9.17, 15) is 0 Å². The van der Waals surface area contributed by atoms with Crippen molar-refractivity contribution < 1.29 is 0 Å². The number of hydrogen-bond acceptors (Lipinski definition) is 3. The average Bonchev–Trinajstić information content (AvgIpc) is 2.39. The smallest absolute Gasteiger partial charge is 0.0542 e. The number of benzene rings is 1. The number of rotatable bonds is 3. The lowest BCUT2D eigenvalue weighted by Gasteiger charge is -2.30. The molecule has 1 aliphatic rings. The maximum absolute atomic E-state index is 4.53. The fourth-order valence-corrected chi connectivity index (χ4v) is 1.90. The molecule has 18 heavy (non-hydrogen) atoms. The molecule has 1 fully saturated rings. The third-order valence-electron chi connectivity index (χ3n) is 3.24. The Bertz CT molecular complexity index is 367. The number of likely N-dealkylation sites (N-methyl/N-ethyl adjacent to an activating group) is 1. The van der Waals surface area contributed by atoms with Crippen molar-refractivity contribution in [1.82, 2.24) is 9.91 Å². The molecule has 0 aliphatic carbocycles. The first-order chi connectivity index (χ1) is 8.28. The maximum atomic E-state index is 4.53. The van der Waals surface area contributed by atoms with Gasteiger partial charge < -0.3 is 4.90 Å². The van der Waals surface area contributed by atoms with Crippen molar-refractivity contribution in [2.45, 2.75) is 13.3 Å². The van der Waals surface area contributed by atoms with Gasteiger partial charge in [-0.05, 0) is 24.6 Å². The van der Waals surface area contributed by atoms with Gasteiger partial charge in [0.2, 0.25) is 0 Å². The molecule has 0 atom stereocenters. The lowest BCUT2D eigenvalue weighted by atomic mass is 10.1. The monoisotopic (exact) mass is 267 g/mol. The zero-order chi connectivity index (χ0) is 12.1. The van der Waals surface area contributed by atoms with Gasteiger partial charge in [0.05, 0.1) is 6.21 Å². The van der Waals surface area contributed by atoms with Gasteiger partial charge in [0.15, 0.2) is 0 Å². The van der Waals surface area contributed by atoms with Crippen molar-refractivity contribution in [1.29, 1.82) is 0 Å². The van der Waals surface area contributed by atoms with Crippen LogP contribution < -0.4 is 0 Å². The Morgan fingerprint density at radius 1 is 1.11 bits per heavy atom. The van der Waals surface area contributed by atoms with E-state index in [2.05, 4.69) is 53.2 Å². The molecular formula is C14H22ClN3. The van der Waals surface area contributed by atoms with E-state index in [-0.39, 0.29) is 12.4 Å². The highest BCUT2D eigenvalue weighted by Gasteiger charge is 2.10. The quantitative estimate of drug-likeness (QED) is 0.783. The SMILES string of the molecule is CCc1ccc(C=NN2CCN(C)CC2)cc1.Cl. The Balaban J connectivity index is 0.00000162. The van der Waals surface area contributed by atoms with Crippen LogP contribution in [0.15, 0.2) is 29.4 Å². The molecule has 0 radical (unpaired) electrons. The second kappa shape index (κ2) is 7.39. The van der Waals surface area contributed by atoms with E-state index in [4.69, 9.17) is 0 Å². The van der Waals surface area contributed by atoms with Crippen molar-refractivity contribution in [3.8, 4) is 0 Å². The highest BCUT2D eigenvalue weighted by Crippen LogP contribution is 2.04. The molecule has 3 nitrogen and oxygen atoms in total. The van der Waals surface area contributed by atoms with Gasteiger partial charge >= 0.3 is 0 Å². The molecule has 0 spiro atoms. The summed E-state index contributed by atoms with van der Waals surface area (Å²) in [6.45, 7) is 6.44. The molecule has 0 bridgehead atoms. The standard InChI is InChI=1S/C14H21N3.ClH/c1-3-13-4-6-14(7-5-13)12-15-17-10-8-16(2)9-11-17;/h4-7,12H,3,8-11H2,1-2H3;1H. The van der Waals surface area contributed by atoms with E-state index in [1.807, 2.05) is 6.21 Å². The van der Waals surface area contributed by atoms with Gasteiger partial charge in [-0.3, -0.25) is 5.01 Å². The number of nitrogens with zero attached hydrogens (tertiary/aromatic N) is 3. The van der Waals surface area contributed by atoms with Crippen molar-refractivity contribution >= 4 is 18.6 Å². The lowest BCUT2D eigenvalue weighted by molar-refractivity contribution is 0.159. The van der Waals surface area contributed by atoms with Gasteiger partial charge in [-0.2, -0.15) is 5.10 Å². The third kappa shape index (κ3) is 4.31. The van der Waals surface area contributed by atoms with Crippen LogP contribution in [0.1, 0.15) is 18.1 Å². The zero-order valence-electron chi connectivity index (χ0n) is 11.2. The van der Waals surface area contributed by atoms with Crippen molar-refractivity contribution in [2.75, 3.05) is 33.2 Å². The van der Waals surface area contributed by atoms with Crippen LogP contribution in [-0.2, 0) is 6.42 Å². The summed E-state index contributed by atoms with van der Waals surface area (Å²) in [4.78, 5) is 2.34. The molecule has 1 aromatic rings. The summed E-state index contributed by atoms with van der Waals surface area (Å²) < 4.78 is 0. The maximum Gasteiger partial charge on any atom is 0.0542 e. The van der Waals surface area contributed by atoms with E-state index < -0.39 is 0 Å². The number of hydrazone groups is 1. The largest absolute Gasteiger partial charge is 0.303 e. The molecule has 4 heteroatoms. The van der Waals surface area contributed by atoms with Crippen LogP contribution in [0, 0.1) is 0 Å². The molecule has 0 unspecified atom stereocenters. The summed E-state index contributed by atoms with van der Waals surface area (Å²) in [5.41, 5.74) is 2.56. The Morgan fingerprint density at radius 3 is 2.28 bits per heavy atom. The third-order valence-corrected chi connectivity index (χ3v) is 3.24. The molecule has 0 amide bonds. The first-order valence-corrected chi connectivity index (χ1v) is 6.34. The molecule has 1 saturated heterocycles. The summed E-state index contributed by atoms with van der Waals surface area (Å²) in [7, 11) is 2.16. The van der Waals surface area contributed by atoms with Crippen LogP contribution in [0.5, 0.6) is 0 Å². The van der Waals surface area contributed by atoms with E-state index in [1.165, 1.54) is 11.1 Å². The normalized spacial score (nSPS) is 16.9. The summed E-state index contributed by atoms with van der Waals surface area (Å²) in [5.74, 6) is 0. The molecule has 0 aromatic heterocycles. The molecule has 2 rings (SSSR count). The highest BCUT2D eigenvalue weighted by atomic mass is 35.5. The second-order valence-electron chi connectivity index (χ2n) is 4.60. The van der Waals surface area contributed by atoms with Gasteiger partial charge in [-0.1, -0.05) is 31.2 Å². The lowest BCUT2D eigenvalue weighted by Crippen LogP contribution is -2.41. The predicted octanol–water partition coefficient (Wildman–Crippen LogP) is 2.25. The average molecular weight is 268 g/mol. The van der Waals surface area contributed by atoms with Crippen molar-refractivity contribution in [3.05, 3.63) is 35.4 Å². The van der Waals surface area contributed by atoms with Crippen LogP contribution in [-0.4, -0.2) is 49.4 Å². The molecular weight excluding hydrogens is 246 g/mol. The molecule has 0 N–H and O–H groups in total. The van der Waals surface area contributed by atoms with Gasteiger partial charge in [0, 0.05) is 26.2 Å². The minimum atomic E-state index is 0. The molecule has 100 valence electrons. The Morgan fingerprint density at radius 2 is 1.72 bits per heavy atom. The number of halogens is 1. The number of piperazine rings is 1. The Hall–Kier alpha value is -1.06. The molecule has 1 aromatic carbocycles. The van der Waals surface area contributed by atoms with E-state index >= 15 is 0 Å². The topological polar surface area (TPSA) is 18.8 Å². The van der Waals surface area contributed by atoms with E-state index in [0.29, 0.717) is 0 Å². The van der Waals surface area contributed by atoms with Crippen molar-refractivity contribution in [3.63, 3.8) is 0 Å². The first-order valence-electron chi connectivity index (χ1n) is 6.34. The number of hydrogen-bond donors (Lipinski definition) is 0. The predicted molar refractivity (Wildman–Crippen MR) is 79.7 cm³/mol. The van der Waals surface area contributed by atoms with Gasteiger partial charge in [0.1, 0.15) is 0 Å². The van der Waals surface area contributed by atoms with Crippen LogP contribution >= 0.6 is 12.4 Å². The van der Waals surface area contributed by atoms with Gasteiger partial charge in [0.25, 0.3) is 0 Å².